The van der Waals surface area contributed by atoms with Gasteiger partial charge in [0, 0.05) is 24.2 Å². The molecule has 0 atom stereocenters. The van der Waals surface area contributed by atoms with Crippen molar-refractivity contribution in [3.63, 3.8) is 0 Å². The first kappa shape index (κ1) is 15.6. The molecule has 0 saturated carbocycles. The van der Waals surface area contributed by atoms with E-state index in [1.54, 1.807) is 12.1 Å². The average Bonchev–Trinajstić information content (AvgIpc) is 3.01. The summed E-state index contributed by atoms with van der Waals surface area (Å²) in [5.41, 5.74) is 6.62. The highest BCUT2D eigenvalue weighted by atomic mass is 19.1. The second-order valence-electron chi connectivity index (χ2n) is 6.31. The van der Waals surface area contributed by atoms with E-state index in [1.165, 1.54) is 34.4 Å². The van der Waals surface area contributed by atoms with Crippen molar-refractivity contribution in [1.29, 1.82) is 0 Å². The molecule has 2 nitrogen and oxygen atoms in total. The fraction of sp³-hybridized carbons (Fsp3) is 0.136. The number of Topliss-reactive ketones (excluding diaryl/α,β-unsaturated/α-hetero) is 1. The first-order valence-electron chi connectivity index (χ1n) is 8.44. The van der Waals surface area contributed by atoms with Crippen molar-refractivity contribution in [3.8, 4) is 11.1 Å². The molecule has 1 aliphatic rings. The van der Waals surface area contributed by atoms with Gasteiger partial charge in [-0.1, -0.05) is 36.4 Å². The number of carbonyl (C=O) groups is 1. The molecule has 0 heterocycles. The monoisotopic (exact) mass is 331 g/mol. The summed E-state index contributed by atoms with van der Waals surface area (Å²) >= 11 is 0. The minimum atomic E-state index is -0.263. The molecule has 0 spiro atoms. The van der Waals surface area contributed by atoms with Crippen molar-refractivity contribution >= 4 is 11.5 Å². The molecular formula is C22H18FNO. The lowest BCUT2D eigenvalue weighted by Gasteiger charge is -2.07. The molecule has 3 aromatic carbocycles. The van der Waals surface area contributed by atoms with Crippen molar-refractivity contribution in [2.24, 2.45) is 0 Å². The van der Waals surface area contributed by atoms with E-state index in [0.29, 0.717) is 13.0 Å². The van der Waals surface area contributed by atoms with Crippen LogP contribution in [0.15, 0.2) is 66.7 Å². The number of benzene rings is 3. The smallest absolute Gasteiger partial charge is 0.164 e. The lowest BCUT2D eigenvalue weighted by atomic mass is 10.0. The van der Waals surface area contributed by atoms with E-state index in [4.69, 9.17) is 0 Å². The van der Waals surface area contributed by atoms with Crippen LogP contribution in [0.4, 0.5) is 10.1 Å². The summed E-state index contributed by atoms with van der Waals surface area (Å²) in [6.45, 7) is 0.530. The third-order valence-electron chi connectivity index (χ3n) is 4.64. The Bertz CT molecular complexity index is 931. The molecule has 0 amide bonds. The van der Waals surface area contributed by atoms with Crippen LogP contribution in [-0.4, -0.2) is 12.3 Å². The Morgan fingerprint density at radius 1 is 0.920 bits per heavy atom. The summed E-state index contributed by atoms with van der Waals surface area (Å²) in [7, 11) is 0. The molecule has 0 aromatic heterocycles. The maximum absolute atomic E-state index is 12.9. The van der Waals surface area contributed by atoms with Crippen molar-refractivity contribution in [2.45, 2.75) is 12.8 Å². The highest BCUT2D eigenvalue weighted by Gasteiger charge is 2.19. The van der Waals surface area contributed by atoms with Crippen LogP contribution < -0.4 is 5.32 Å². The summed E-state index contributed by atoms with van der Waals surface area (Å²) in [4.78, 5) is 12.5. The number of rotatable bonds is 5. The van der Waals surface area contributed by atoms with Gasteiger partial charge >= 0.3 is 0 Å². The SMILES string of the molecule is O=C(CCNc1ccc(F)cc1)c1ccc2c(c1)Cc1ccccc1-2. The van der Waals surface area contributed by atoms with E-state index in [-0.39, 0.29) is 11.6 Å². The standard InChI is InChI=1S/C22H18FNO/c23-18-6-8-19(9-7-18)24-12-11-22(25)16-5-10-21-17(14-16)13-15-3-1-2-4-20(15)21/h1-10,14,24H,11-13H2. The van der Waals surface area contributed by atoms with Gasteiger partial charge in [0.15, 0.2) is 5.78 Å². The Kier molecular flexibility index (Phi) is 4.06. The number of carbonyl (C=O) groups excluding carboxylic acids is 1. The molecule has 0 saturated heterocycles. The fourth-order valence-electron chi connectivity index (χ4n) is 3.35. The van der Waals surface area contributed by atoms with Crippen LogP contribution in [0.5, 0.6) is 0 Å². The topological polar surface area (TPSA) is 29.1 Å². The zero-order valence-electron chi connectivity index (χ0n) is 13.8. The molecule has 0 aliphatic heterocycles. The molecule has 25 heavy (non-hydrogen) atoms. The van der Waals surface area contributed by atoms with Gasteiger partial charge in [0.2, 0.25) is 0 Å². The summed E-state index contributed by atoms with van der Waals surface area (Å²) < 4.78 is 12.9. The fourth-order valence-corrected chi connectivity index (χ4v) is 3.35. The van der Waals surface area contributed by atoms with Gasteiger partial charge in [-0.3, -0.25) is 4.79 Å². The quantitative estimate of drug-likeness (QED) is 0.517. The highest BCUT2D eigenvalue weighted by molar-refractivity contribution is 5.97. The first-order chi connectivity index (χ1) is 12.2. The third-order valence-corrected chi connectivity index (χ3v) is 4.64. The average molecular weight is 331 g/mol. The molecule has 0 bridgehead atoms. The Balaban J connectivity index is 1.41. The van der Waals surface area contributed by atoms with Gasteiger partial charge in [-0.2, -0.15) is 0 Å². The largest absolute Gasteiger partial charge is 0.385 e. The zero-order chi connectivity index (χ0) is 17.2. The summed E-state index contributed by atoms with van der Waals surface area (Å²) in [6.07, 6.45) is 1.30. The minimum absolute atomic E-state index is 0.119. The molecule has 4 rings (SSSR count). The van der Waals surface area contributed by atoms with E-state index in [1.807, 2.05) is 18.2 Å². The van der Waals surface area contributed by atoms with Crippen LogP contribution >= 0.6 is 0 Å². The van der Waals surface area contributed by atoms with Crippen molar-refractivity contribution in [3.05, 3.63) is 89.2 Å². The first-order valence-corrected chi connectivity index (χ1v) is 8.44. The molecule has 1 N–H and O–H groups in total. The molecule has 1 aliphatic carbocycles. The lowest BCUT2D eigenvalue weighted by Crippen LogP contribution is -2.09. The molecule has 0 unspecified atom stereocenters. The molecular weight excluding hydrogens is 313 g/mol. The van der Waals surface area contributed by atoms with E-state index in [2.05, 4.69) is 29.6 Å². The Hall–Kier alpha value is -2.94. The molecule has 0 radical (unpaired) electrons. The number of hydrogen-bond acceptors (Lipinski definition) is 2. The molecule has 3 aromatic rings. The predicted molar refractivity (Wildman–Crippen MR) is 98.5 cm³/mol. The van der Waals surface area contributed by atoms with Crippen LogP contribution in [0.2, 0.25) is 0 Å². The Morgan fingerprint density at radius 2 is 1.68 bits per heavy atom. The summed E-state index contributed by atoms with van der Waals surface area (Å²) in [5.74, 6) is -0.144. The van der Waals surface area contributed by atoms with Gasteiger partial charge in [0.05, 0.1) is 0 Å². The van der Waals surface area contributed by atoms with Crippen LogP contribution in [0, 0.1) is 5.82 Å². The predicted octanol–water partition coefficient (Wildman–Crippen LogP) is 5.08. The number of fused-ring (bicyclic) bond motifs is 3. The molecule has 124 valence electrons. The van der Waals surface area contributed by atoms with E-state index in [9.17, 15) is 9.18 Å². The van der Waals surface area contributed by atoms with Crippen LogP contribution in [-0.2, 0) is 6.42 Å². The van der Waals surface area contributed by atoms with Crippen molar-refractivity contribution < 1.29 is 9.18 Å². The lowest BCUT2D eigenvalue weighted by molar-refractivity contribution is 0.0986. The number of hydrogen-bond donors (Lipinski definition) is 1. The normalized spacial score (nSPS) is 11.7. The number of halogens is 1. The van der Waals surface area contributed by atoms with Gasteiger partial charge in [-0.05, 0) is 59.0 Å². The Labute approximate surface area is 146 Å². The van der Waals surface area contributed by atoms with Gasteiger partial charge in [0.25, 0.3) is 0 Å². The molecule has 0 fully saturated rings. The van der Waals surface area contributed by atoms with Crippen LogP contribution in [0.25, 0.3) is 11.1 Å². The van der Waals surface area contributed by atoms with Gasteiger partial charge in [0.1, 0.15) is 5.82 Å². The zero-order valence-corrected chi connectivity index (χ0v) is 13.8. The number of ketones is 1. The summed E-state index contributed by atoms with van der Waals surface area (Å²) in [6, 6.07) is 20.5. The van der Waals surface area contributed by atoms with Crippen LogP contribution in [0.1, 0.15) is 27.9 Å². The van der Waals surface area contributed by atoms with Crippen LogP contribution in [0.3, 0.4) is 0 Å². The van der Waals surface area contributed by atoms with Gasteiger partial charge < -0.3 is 5.32 Å². The minimum Gasteiger partial charge on any atom is -0.385 e. The highest BCUT2D eigenvalue weighted by Crippen LogP contribution is 2.36. The molecule has 3 heteroatoms. The maximum Gasteiger partial charge on any atom is 0.164 e. The second-order valence-corrected chi connectivity index (χ2v) is 6.31. The third kappa shape index (κ3) is 3.18. The Morgan fingerprint density at radius 3 is 2.52 bits per heavy atom. The summed E-state index contributed by atoms with van der Waals surface area (Å²) in [5, 5.41) is 3.15. The van der Waals surface area contributed by atoms with Crippen molar-refractivity contribution in [1.82, 2.24) is 0 Å². The second kappa shape index (κ2) is 6.52. The van der Waals surface area contributed by atoms with E-state index in [0.717, 1.165) is 17.7 Å². The maximum atomic E-state index is 12.9. The van der Waals surface area contributed by atoms with E-state index < -0.39 is 0 Å². The van der Waals surface area contributed by atoms with Crippen molar-refractivity contribution in [2.75, 3.05) is 11.9 Å². The van der Waals surface area contributed by atoms with E-state index >= 15 is 0 Å². The number of anilines is 1. The number of nitrogens with one attached hydrogen (secondary N) is 1. The van der Waals surface area contributed by atoms with Gasteiger partial charge in [-0.25, -0.2) is 4.39 Å². The van der Waals surface area contributed by atoms with Gasteiger partial charge in [-0.15, -0.1) is 0 Å².